The fourth-order valence-corrected chi connectivity index (χ4v) is 3.40. The minimum atomic E-state index is -0.881. The van der Waals surface area contributed by atoms with Crippen LogP contribution in [0.15, 0.2) is 35.9 Å². The summed E-state index contributed by atoms with van der Waals surface area (Å²) in [5.41, 5.74) is 1.64. The van der Waals surface area contributed by atoms with Crippen molar-refractivity contribution < 1.29 is 14.3 Å². The molecule has 3 nitrogen and oxygen atoms in total. The van der Waals surface area contributed by atoms with E-state index in [1.54, 1.807) is 6.07 Å². The van der Waals surface area contributed by atoms with Crippen LogP contribution in [0, 0.1) is 5.82 Å². The van der Waals surface area contributed by atoms with E-state index in [1.165, 1.54) is 12.1 Å². The molecule has 0 spiro atoms. The highest BCUT2D eigenvalue weighted by atomic mass is 19.1. The normalized spacial score (nSPS) is 25.5. The molecule has 2 aliphatic heterocycles. The largest absolute Gasteiger partial charge is 0.478 e. The number of fused-ring (bicyclic) bond motifs is 2. The van der Waals surface area contributed by atoms with Crippen molar-refractivity contribution >= 4 is 11.7 Å². The van der Waals surface area contributed by atoms with Crippen molar-refractivity contribution in [3.05, 3.63) is 41.7 Å². The predicted octanol–water partition coefficient (Wildman–Crippen LogP) is 2.97. The molecule has 0 aromatic heterocycles. The highest BCUT2D eigenvalue weighted by Crippen LogP contribution is 2.42. The number of benzene rings is 1. The molecule has 0 amide bonds. The van der Waals surface area contributed by atoms with E-state index in [2.05, 4.69) is 4.90 Å². The first-order valence-electron chi connectivity index (χ1n) is 6.60. The Bertz CT molecular complexity index is 525. The fraction of sp³-hybridized carbons (Fsp3) is 0.400. The van der Waals surface area contributed by atoms with Gasteiger partial charge in [-0.15, -0.1) is 0 Å². The lowest BCUT2D eigenvalue weighted by molar-refractivity contribution is -0.131. The van der Waals surface area contributed by atoms with Crippen molar-refractivity contribution in [3.8, 4) is 0 Å². The molecule has 2 fully saturated rings. The monoisotopic (exact) mass is 261 g/mol. The lowest BCUT2D eigenvalue weighted by atomic mass is 9.95. The minimum absolute atomic E-state index is 0.190. The molecular weight excluding hydrogens is 245 g/mol. The first-order valence-corrected chi connectivity index (χ1v) is 6.60. The first kappa shape index (κ1) is 12.2. The molecule has 2 heterocycles. The number of carboxylic acids is 1. The number of para-hydroxylation sites is 1. The van der Waals surface area contributed by atoms with Crippen LogP contribution in [0.25, 0.3) is 0 Å². The number of piperidine rings is 1. The zero-order valence-corrected chi connectivity index (χ0v) is 10.6. The predicted molar refractivity (Wildman–Crippen MR) is 70.6 cm³/mol. The molecular formula is C15H16FNO2. The number of halogens is 1. The Hall–Kier alpha value is -1.84. The van der Waals surface area contributed by atoms with Crippen LogP contribution in [0.4, 0.5) is 10.1 Å². The second-order valence-electron chi connectivity index (χ2n) is 5.29. The maximum Gasteiger partial charge on any atom is 0.328 e. The summed E-state index contributed by atoms with van der Waals surface area (Å²) in [6.07, 6.45) is 4.81. The van der Waals surface area contributed by atoms with Gasteiger partial charge in [-0.25, -0.2) is 9.18 Å². The minimum Gasteiger partial charge on any atom is -0.478 e. The Morgan fingerprint density at radius 1 is 1.26 bits per heavy atom. The molecule has 2 unspecified atom stereocenters. The molecule has 4 heteroatoms. The number of aliphatic carboxylic acids is 1. The van der Waals surface area contributed by atoms with Gasteiger partial charge in [-0.1, -0.05) is 17.7 Å². The highest BCUT2D eigenvalue weighted by Gasteiger charge is 2.39. The molecule has 1 aromatic rings. The van der Waals surface area contributed by atoms with Gasteiger partial charge in [0.05, 0.1) is 5.69 Å². The molecule has 100 valence electrons. The second kappa shape index (κ2) is 4.68. The third-order valence-electron chi connectivity index (χ3n) is 4.07. The summed E-state index contributed by atoms with van der Waals surface area (Å²) in [5.74, 6) is -1.07. The summed E-state index contributed by atoms with van der Waals surface area (Å²) in [6.45, 7) is 0. The van der Waals surface area contributed by atoms with E-state index in [9.17, 15) is 9.18 Å². The topological polar surface area (TPSA) is 40.5 Å². The fourth-order valence-electron chi connectivity index (χ4n) is 3.40. The van der Waals surface area contributed by atoms with E-state index >= 15 is 0 Å². The highest BCUT2D eigenvalue weighted by molar-refractivity contribution is 5.80. The van der Waals surface area contributed by atoms with Crippen LogP contribution in [0.5, 0.6) is 0 Å². The van der Waals surface area contributed by atoms with E-state index in [-0.39, 0.29) is 17.9 Å². The van der Waals surface area contributed by atoms with Gasteiger partial charge in [0.2, 0.25) is 0 Å². The number of carbonyl (C=O) groups is 1. The molecule has 2 atom stereocenters. The van der Waals surface area contributed by atoms with Crippen LogP contribution in [0.1, 0.15) is 25.7 Å². The van der Waals surface area contributed by atoms with Crippen molar-refractivity contribution in [2.45, 2.75) is 37.8 Å². The molecule has 3 rings (SSSR count). The van der Waals surface area contributed by atoms with Crippen LogP contribution >= 0.6 is 0 Å². The average Bonchev–Trinajstić information content (AvgIpc) is 2.62. The summed E-state index contributed by atoms with van der Waals surface area (Å²) in [7, 11) is 0. The van der Waals surface area contributed by atoms with Gasteiger partial charge in [-0.3, -0.25) is 0 Å². The van der Waals surface area contributed by atoms with Crippen LogP contribution in [0.2, 0.25) is 0 Å². The van der Waals surface area contributed by atoms with Crippen molar-refractivity contribution in [1.82, 2.24) is 0 Å². The van der Waals surface area contributed by atoms with E-state index in [0.717, 1.165) is 31.3 Å². The Morgan fingerprint density at radius 3 is 2.47 bits per heavy atom. The molecule has 1 aromatic carbocycles. The van der Waals surface area contributed by atoms with Crippen LogP contribution in [-0.4, -0.2) is 23.2 Å². The zero-order chi connectivity index (χ0) is 13.4. The molecule has 0 radical (unpaired) electrons. The summed E-state index contributed by atoms with van der Waals surface area (Å²) >= 11 is 0. The molecule has 2 aliphatic rings. The van der Waals surface area contributed by atoms with E-state index in [0.29, 0.717) is 5.69 Å². The number of nitrogens with zero attached hydrogens (tertiary/aromatic N) is 1. The number of rotatable bonds is 2. The molecule has 2 bridgehead atoms. The number of anilines is 1. The van der Waals surface area contributed by atoms with Crippen LogP contribution in [0.3, 0.4) is 0 Å². The Labute approximate surface area is 111 Å². The van der Waals surface area contributed by atoms with E-state index in [1.807, 2.05) is 12.1 Å². The third-order valence-corrected chi connectivity index (χ3v) is 4.07. The quantitative estimate of drug-likeness (QED) is 0.832. The standard InChI is InChI=1S/C15H16FNO2/c16-13-3-1-2-4-14(13)17-11-5-6-12(17)8-10(7-11)9-15(18)19/h1-4,9,11-12H,5-8H2,(H,18,19). The van der Waals surface area contributed by atoms with Crippen LogP contribution < -0.4 is 4.90 Å². The van der Waals surface area contributed by atoms with Crippen molar-refractivity contribution in [1.29, 1.82) is 0 Å². The Kier molecular flexibility index (Phi) is 3.01. The van der Waals surface area contributed by atoms with Gasteiger partial charge in [0, 0.05) is 18.2 Å². The number of hydrogen-bond acceptors (Lipinski definition) is 2. The van der Waals surface area contributed by atoms with E-state index < -0.39 is 5.97 Å². The summed E-state index contributed by atoms with van der Waals surface area (Å²) in [5, 5.41) is 8.84. The van der Waals surface area contributed by atoms with Gasteiger partial charge >= 0.3 is 5.97 Å². The first-order chi connectivity index (χ1) is 9.15. The summed E-state index contributed by atoms with van der Waals surface area (Å²) < 4.78 is 13.9. The van der Waals surface area contributed by atoms with Crippen LogP contribution in [-0.2, 0) is 4.79 Å². The van der Waals surface area contributed by atoms with Gasteiger partial charge in [0.15, 0.2) is 0 Å². The average molecular weight is 261 g/mol. The zero-order valence-electron chi connectivity index (χ0n) is 10.6. The molecule has 2 saturated heterocycles. The third kappa shape index (κ3) is 2.23. The van der Waals surface area contributed by atoms with E-state index in [4.69, 9.17) is 5.11 Å². The van der Waals surface area contributed by atoms with Crippen molar-refractivity contribution in [2.24, 2.45) is 0 Å². The SMILES string of the molecule is O=C(O)C=C1CC2CCC(C1)N2c1ccccc1F. The van der Waals surface area contributed by atoms with Gasteiger partial charge in [0.25, 0.3) is 0 Å². The second-order valence-corrected chi connectivity index (χ2v) is 5.29. The molecule has 1 N–H and O–H groups in total. The van der Waals surface area contributed by atoms with Gasteiger partial charge in [-0.2, -0.15) is 0 Å². The van der Waals surface area contributed by atoms with Crippen molar-refractivity contribution in [3.63, 3.8) is 0 Å². The lowest BCUT2D eigenvalue weighted by Gasteiger charge is -2.38. The van der Waals surface area contributed by atoms with Gasteiger partial charge < -0.3 is 10.0 Å². The number of hydrogen-bond donors (Lipinski definition) is 1. The number of carboxylic acid groups (broad SMARTS) is 1. The van der Waals surface area contributed by atoms with Gasteiger partial charge in [-0.05, 0) is 37.8 Å². The Morgan fingerprint density at radius 2 is 1.89 bits per heavy atom. The lowest BCUT2D eigenvalue weighted by Crippen LogP contribution is -2.41. The maximum atomic E-state index is 13.9. The smallest absolute Gasteiger partial charge is 0.328 e. The molecule has 0 saturated carbocycles. The summed E-state index contributed by atoms with van der Waals surface area (Å²) in [4.78, 5) is 12.9. The molecule has 19 heavy (non-hydrogen) atoms. The van der Waals surface area contributed by atoms with Crippen molar-refractivity contribution in [2.75, 3.05) is 4.90 Å². The Balaban J connectivity index is 1.88. The van der Waals surface area contributed by atoms with Gasteiger partial charge in [0.1, 0.15) is 5.82 Å². The maximum absolute atomic E-state index is 13.9. The molecule has 0 aliphatic carbocycles. The summed E-state index contributed by atoms with van der Waals surface area (Å²) in [6, 6.07) is 7.31.